The second-order valence-electron chi connectivity index (χ2n) is 5.72. The highest BCUT2D eigenvalue weighted by molar-refractivity contribution is 5.94. The van der Waals surface area contributed by atoms with Gasteiger partial charge in [0.05, 0.1) is 6.54 Å². The minimum atomic E-state index is -0.927. The van der Waals surface area contributed by atoms with Crippen LogP contribution in [0.2, 0.25) is 0 Å². The summed E-state index contributed by atoms with van der Waals surface area (Å²) < 4.78 is 0. The summed E-state index contributed by atoms with van der Waals surface area (Å²) in [4.78, 5) is 23.1. The van der Waals surface area contributed by atoms with E-state index >= 15 is 0 Å². The largest absolute Gasteiger partial charge is 0.480 e. The molecular formula is C16H24N2O3. The van der Waals surface area contributed by atoms with Crippen LogP contribution in [-0.2, 0) is 9.59 Å². The first-order valence-electron chi connectivity index (χ1n) is 7.13. The van der Waals surface area contributed by atoms with Gasteiger partial charge in [0.15, 0.2) is 0 Å². The molecule has 116 valence electrons. The Labute approximate surface area is 125 Å². The first-order valence-corrected chi connectivity index (χ1v) is 7.13. The Bertz CT molecular complexity index is 492. The topological polar surface area (TPSA) is 78.4 Å². The van der Waals surface area contributed by atoms with E-state index in [1.807, 2.05) is 45.9 Å². The molecule has 0 radical (unpaired) electrons. The van der Waals surface area contributed by atoms with Gasteiger partial charge in [-0.05, 0) is 37.3 Å². The molecule has 5 nitrogen and oxygen atoms in total. The predicted octanol–water partition coefficient (Wildman–Crippen LogP) is 2.33. The zero-order valence-electron chi connectivity index (χ0n) is 13.1. The third-order valence-corrected chi connectivity index (χ3v) is 3.26. The van der Waals surface area contributed by atoms with Crippen molar-refractivity contribution in [3.8, 4) is 0 Å². The summed E-state index contributed by atoms with van der Waals surface area (Å²) in [6.45, 7) is 7.74. The van der Waals surface area contributed by atoms with Crippen LogP contribution in [0.5, 0.6) is 0 Å². The van der Waals surface area contributed by atoms with Crippen molar-refractivity contribution in [2.75, 3.05) is 11.9 Å². The lowest BCUT2D eigenvalue weighted by atomic mass is 10.0. The van der Waals surface area contributed by atoms with Crippen molar-refractivity contribution in [3.63, 3.8) is 0 Å². The third kappa shape index (κ3) is 5.55. The fourth-order valence-electron chi connectivity index (χ4n) is 2.15. The number of benzene rings is 1. The fraction of sp³-hybridized carbons (Fsp3) is 0.500. The van der Waals surface area contributed by atoms with Gasteiger partial charge in [0.25, 0.3) is 0 Å². The highest BCUT2D eigenvalue weighted by Gasteiger charge is 2.19. The van der Waals surface area contributed by atoms with Crippen molar-refractivity contribution in [1.29, 1.82) is 0 Å². The van der Waals surface area contributed by atoms with Crippen LogP contribution < -0.4 is 10.6 Å². The minimum absolute atomic E-state index is 0.0164. The molecule has 1 aromatic carbocycles. The van der Waals surface area contributed by atoms with E-state index < -0.39 is 12.0 Å². The van der Waals surface area contributed by atoms with Crippen LogP contribution in [0.3, 0.4) is 0 Å². The summed E-state index contributed by atoms with van der Waals surface area (Å²) in [5.74, 6) is -0.911. The van der Waals surface area contributed by atoms with Crippen molar-refractivity contribution < 1.29 is 14.7 Å². The molecular weight excluding hydrogens is 268 g/mol. The number of hydrogen-bond donors (Lipinski definition) is 3. The van der Waals surface area contributed by atoms with Gasteiger partial charge in [-0.25, -0.2) is 0 Å². The van der Waals surface area contributed by atoms with Crippen molar-refractivity contribution in [2.24, 2.45) is 5.92 Å². The number of anilines is 1. The molecule has 0 saturated carbocycles. The number of carbonyl (C=O) groups excluding carboxylic acids is 1. The fourth-order valence-corrected chi connectivity index (χ4v) is 2.15. The van der Waals surface area contributed by atoms with Gasteiger partial charge in [-0.2, -0.15) is 0 Å². The van der Waals surface area contributed by atoms with E-state index in [0.29, 0.717) is 6.42 Å². The Balaban J connectivity index is 2.59. The molecule has 0 aliphatic carbocycles. The van der Waals surface area contributed by atoms with Crippen LogP contribution >= 0.6 is 0 Å². The Morgan fingerprint density at radius 1 is 1.19 bits per heavy atom. The van der Waals surface area contributed by atoms with Gasteiger partial charge in [-0.1, -0.05) is 32.0 Å². The maximum absolute atomic E-state index is 12.0. The number of amides is 1. The number of carbonyl (C=O) groups is 2. The molecule has 0 aliphatic heterocycles. The normalized spacial score (nSPS) is 12.2. The van der Waals surface area contributed by atoms with E-state index in [1.54, 1.807) is 0 Å². The summed E-state index contributed by atoms with van der Waals surface area (Å²) in [5.41, 5.74) is 2.76. The third-order valence-electron chi connectivity index (χ3n) is 3.26. The van der Waals surface area contributed by atoms with Crippen molar-refractivity contribution >= 4 is 17.6 Å². The SMILES string of the molecule is Cc1cccc(C)c1NC(=O)CNC(CC(C)C)C(=O)O. The number of hydrogen-bond acceptors (Lipinski definition) is 3. The Morgan fingerprint density at radius 2 is 1.76 bits per heavy atom. The lowest BCUT2D eigenvalue weighted by molar-refractivity contribution is -0.139. The molecule has 0 bridgehead atoms. The first kappa shape index (κ1) is 17.2. The quantitative estimate of drug-likeness (QED) is 0.720. The number of para-hydroxylation sites is 1. The average molecular weight is 292 g/mol. The van der Waals surface area contributed by atoms with Gasteiger partial charge in [0.1, 0.15) is 6.04 Å². The zero-order valence-corrected chi connectivity index (χ0v) is 13.1. The number of carboxylic acids is 1. The molecule has 0 aliphatic rings. The highest BCUT2D eigenvalue weighted by atomic mass is 16.4. The van der Waals surface area contributed by atoms with Crippen LogP contribution in [0.4, 0.5) is 5.69 Å². The average Bonchev–Trinajstić information content (AvgIpc) is 2.38. The monoisotopic (exact) mass is 292 g/mol. The highest BCUT2D eigenvalue weighted by Crippen LogP contribution is 2.19. The summed E-state index contributed by atoms with van der Waals surface area (Å²) in [6, 6.07) is 5.08. The van der Waals surface area contributed by atoms with Crippen LogP contribution in [0, 0.1) is 19.8 Å². The molecule has 0 spiro atoms. The molecule has 1 aromatic rings. The zero-order chi connectivity index (χ0) is 16.0. The van der Waals surface area contributed by atoms with E-state index in [1.165, 1.54) is 0 Å². The lowest BCUT2D eigenvalue weighted by Crippen LogP contribution is -2.42. The van der Waals surface area contributed by atoms with Gasteiger partial charge in [-0.15, -0.1) is 0 Å². The smallest absolute Gasteiger partial charge is 0.320 e. The Hall–Kier alpha value is -1.88. The minimum Gasteiger partial charge on any atom is -0.480 e. The molecule has 3 N–H and O–H groups in total. The van der Waals surface area contributed by atoms with Crippen molar-refractivity contribution in [1.82, 2.24) is 5.32 Å². The van der Waals surface area contributed by atoms with Crippen LogP contribution in [0.15, 0.2) is 18.2 Å². The standard InChI is InChI=1S/C16H24N2O3/c1-10(2)8-13(16(20)21)17-9-14(19)18-15-11(3)6-5-7-12(15)4/h5-7,10,13,17H,8-9H2,1-4H3,(H,18,19)(H,20,21). The van der Waals surface area contributed by atoms with Gasteiger partial charge < -0.3 is 10.4 Å². The summed E-state index contributed by atoms with van der Waals surface area (Å²) in [5, 5.41) is 14.7. The number of rotatable bonds is 7. The number of aliphatic carboxylic acids is 1. The molecule has 21 heavy (non-hydrogen) atoms. The number of aryl methyl sites for hydroxylation is 2. The van der Waals surface area contributed by atoms with Crippen LogP contribution in [0.1, 0.15) is 31.4 Å². The van der Waals surface area contributed by atoms with E-state index in [4.69, 9.17) is 5.11 Å². The second-order valence-corrected chi connectivity index (χ2v) is 5.72. The molecule has 5 heteroatoms. The van der Waals surface area contributed by atoms with Crippen LogP contribution in [-0.4, -0.2) is 29.6 Å². The Morgan fingerprint density at radius 3 is 2.24 bits per heavy atom. The summed E-state index contributed by atoms with van der Waals surface area (Å²) in [7, 11) is 0. The molecule has 1 unspecified atom stereocenters. The molecule has 1 atom stereocenters. The number of nitrogens with one attached hydrogen (secondary N) is 2. The molecule has 0 saturated heterocycles. The molecule has 0 aromatic heterocycles. The van der Waals surface area contributed by atoms with Crippen molar-refractivity contribution in [2.45, 2.75) is 40.2 Å². The second kappa shape index (κ2) is 7.78. The maximum Gasteiger partial charge on any atom is 0.320 e. The molecule has 0 fully saturated rings. The lowest BCUT2D eigenvalue weighted by Gasteiger charge is -2.17. The van der Waals surface area contributed by atoms with E-state index in [9.17, 15) is 9.59 Å². The van der Waals surface area contributed by atoms with Gasteiger partial charge in [-0.3, -0.25) is 14.9 Å². The van der Waals surface area contributed by atoms with Crippen molar-refractivity contribution in [3.05, 3.63) is 29.3 Å². The van der Waals surface area contributed by atoms with Gasteiger partial charge in [0, 0.05) is 5.69 Å². The first-order chi connectivity index (χ1) is 9.81. The maximum atomic E-state index is 12.0. The summed E-state index contributed by atoms with van der Waals surface area (Å²) >= 11 is 0. The van der Waals surface area contributed by atoms with Gasteiger partial charge in [0.2, 0.25) is 5.91 Å². The predicted molar refractivity (Wildman–Crippen MR) is 83.4 cm³/mol. The number of carboxylic acid groups (broad SMARTS) is 1. The Kier molecular flexibility index (Phi) is 6.37. The van der Waals surface area contributed by atoms with Gasteiger partial charge >= 0.3 is 5.97 Å². The van der Waals surface area contributed by atoms with E-state index in [0.717, 1.165) is 16.8 Å². The molecule has 1 rings (SSSR count). The van der Waals surface area contributed by atoms with E-state index in [-0.39, 0.29) is 18.4 Å². The van der Waals surface area contributed by atoms with Crippen LogP contribution in [0.25, 0.3) is 0 Å². The molecule has 0 heterocycles. The summed E-state index contributed by atoms with van der Waals surface area (Å²) in [6.07, 6.45) is 0.492. The molecule has 1 amide bonds. The van der Waals surface area contributed by atoms with E-state index in [2.05, 4.69) is 10.6 Å².